The van der Waals surface area contributed by atoms with E-state index in [4.69, 9.17) is 0 Å². The predicted molar refractivity (Wildman–Crippen MR) is 84.1 cm³/mol. The number of phenols is 1. The zero-order valence-electron chi connectivity index (χ0n) is 12.7. The standard InChI is InChI=1S/C19H16O4/c1-19(23)8-7-11-10(9-19)5-6-13-15(11)17(21)12-3-2-4-14(20)16(12)18(13)22/h2-6,20,23H,7-9H2,1H3. The van der Waals surface area contributed by atoms with Crippen LogP contribution in [0.25, 0.3) is 0 Å². The number of aliphatic hydroxyl groups is 1. The Morgan fingerprint density at radius 3 is 2.48 bits per heavy atom. The van der Waals surface area contributed by atoms with Gasteiger partial charge in [-0.25, -0.2) is 0 Å². The lowest BCUT2D eigenvalue weighted by Crippen LogP contribution is -2.34. The van der Waals surface area contributed by atoms with Gasteiger partial charge in [0.15, 0.2) is 11.6 Å². The van der Waals surface area contributed by atoms with Gasteiger partial charge in [0.1, 0.15) is 5.75 Å². The number of benzene rings is 2. The molecule has 4 heteroatoms. The van der Waals surface area contributed by atoms with E-state index in [-0.39, 0.29) is 28.4 Å². The number of rotatable bonds is 0. The third kappa shape index (κ3) is 1.95. The third-order valence-electron chi connectivity index (χ3n) is 4.88. The molecule has 2 aromatic rings. The average Bonchev–Trinajstić information content (AvgIpc) is 2.50. The number of hydrogen-bond donors (Lipinski definition) is 2. The van der Waals surface area contributed by atoms with Gasteiger partial charge in [-0.2, -0.15) is 0 Å². The van der Waals surface area contributed by atoms with E-state index in [2.05, 4.69) is 0 Å². The molecule has 2 aliphatic rings. The van der Waals surface area contributed by atoms with Crippen LogP contribution in [-0.2, 0) is 12.8 Å². The van der Waals surface area contributed by atoms with Crippen LogP contribution in [0.15, 0.2) is 30.3 Å². The first-order valence-corrected chi connectivity index (χ1v) is 7.67. The number of carbonyl (C=O) groups is 2. The van der Waals surface area contributed by atoms with Crippen molar-refractivity contribution in [1.82, 2.24) is 0 Å². The lowest BCUT2D eigenvalue weighted by atomic mass is 9.74. The van der Waals surface area contributed by atoms with Gasteiger partial charge < -0.3 is 10.2 Å². The zero-order valence-corrected chi connectivity index (χ0v) is 12.7. The third-order valence-corrected chi connectivity index (χ3v) is 4.88. The van der Waals surface area contributed by atoms with Crippen molar-refractivity contribution in [3.8, 4) is 5.75 Å². The van der Waals surface area contributed by atoms with Crippen molar-refractivity contribution in [3.63, 3.8) is 0 Å². The maximum Gasteiger partial charge on any atom is 0.198 e. The Morgan fingerprint density at radius 2 is 1.70 bits per heavy atom. The Balaban J connectivity index is 1.96. The first kappa shape index (κ1) is 14.2. The van der Waals surface area contributed by atoms with Gasteiger partial charge in [-0.05, 0) is 43.0 Å². The quantitative estimate of drug-likeness (QED) is 0.669. The fraction of sp³-hybridized carbons (Fsp3) is 0.263. The largest absolute Gasteiger partial charge is 0.507 e. The van der Waals surface area contributed by atoms with Crippen molar-refractivity contribution < 1.29 is 19.8 Å². The number of carbonyl (C=O) groups excluding carboxylic acids is 2. The van der Waals surface area contributed by atoms with Crippen molar-refractivity contribution >= 4 is 11.6 Å². The maximum atomic E-state index is 12.9. The van der Waals surface area contributed by atoms with Crippen LogP contribution in [0.4, 0.5) is 0 Å². The van der Waals surface area contributed by atoms with Crippen LogP contribution in [-0.4, -0.2) is 27.4 Å². The molecule has 0 spiro atoms. The van der Waals surface area contributed by atoms with Gasteiger partial charge in [0.05, 0.1) is 11.2 Å². The molecule has 2 N–H and O–H groups in total. The summed E-state index contributed by atoms with van der Waals surface area (Å²) in [5.74, 6) is -0.691. The van der Waals surface area contributed by atoms with Crippen LogP contribution in [0.5, 0.6) is 5.75 Å². The van der Waals surface area contributed by atoms with Crippen LogP contribution in [0.1, 0.15) is 56.3 Å². The molecule has 4 rings (SSSR count). The van der Waals surface area contributed by atoms with Gasteiger partial charge >= 0.3 is 0 Å². The summed E-state index contributed by atoms with van der Waals surface area (Å²) in [6.07, 6.45) is 1.60. The fourth-order valence-electron chi connectivity index (χ4n) is 3.72. The molecule has 0 heterocycles. The van der Waals surface area contributed by atoms with E-state index in [9.17, 15) is 19.8 Å². The molecule has 0 saturated heterocycles. The minimum absolute atomic E-state index is 0.0905. The summed E-state index contributed by atoms with van der Waals surface area (Å²) in [7, 11) is 0. The average molecular weight is 308 g/mol. The summed E-state index contributed by atoms with van der Waals surface area (Å²) < 4.78 is 0. The van der Waals surface area contributed by atoms with E-state index in [0.717, 1.165) is 11.1 Å². The monoisotopic (exact) mass is 308 g/mol. The molecule has 23 heavy (non-hydrogen) atoms. The van der Waals surface area contributed by atoms with E-state index in [1.54, 1.807) is 25.1 Å². The summed E-state index contributed by atoms with van der Waals surface area (Å²) in [6.45, 7) is 1.79. The molecule has 0 amide bonds. The molecule has 0 bridgehead atoms. The van der Waals surface area contributed by atoms with Crippen LogP contribution < -0.4 is 0 Å². The van der Waals surface area contributed by atoms with E-state index < -0.39 is 5.60 Å². The zero-order chi connectivity index (χ0) is 16.4. The number of ketones is 2. The normalized spacial score (nSPS) is 22.3. The number of aromatic hydroxyl groups is 1. The highest BCUT2D eigenvalue weighted by atomic mass is 16.3. The number of fused-ring (bicyclic) bond motifs is 4. The van der Waals surface area contributed by atoms with Crippen LogP contribution in [0, 0.1) is 0 Å². The summed E-state index contributed by atoms with van der Waals surface area (Å²) in [5, 5.41) is 20.2. The lowest BCUT2D eigenvalue weighted by Gasteiger charge is -2.32. The minimum Gasteiger partial charge on any atom is -0.507 e. The van der Waals surface area contributed by atoms with Crippen molar-refractivity contribution in [2.75, 3.05) is 0 Å². The number of phenolic OH excluding ortho intramolecular Hbond substituents is 1. The van der Waals surface area contributed by atoms with Gasteiger partial charge in [0, 0.05) is 23.1 Å². The Bertz CT molecular complexity index is 877. The SMILES string of the molecule is CC1(O)CCc2c(ccc3c2C(=O)c2cccc(O)c2C3=O)C1. The van der Waals surface area contributed by atoms with E-state index in [1.165, 1.54) is 6.07 Å². The van der Waals surface area contributed by atoms with E-state index in [1.807, 2.05) is 6.07 Å². The van der Waals surface area contributed by atoms with Gasteiger partial charge in [-0.3, -0.25) is 9.59 Å². The predicted octanol–water partition coefficient (Wildman–Crippen LogP) is 2.41. The molecule has 0 aliphatic heterocycles. The molecule has 0 fully saturated rings. The van der Waals surface area contributed by atoms with Gasteiger partial charge in [0.2, 0.25) is 0 Å². The van der Waals surface area contributed by atoms with Crippen molar-refractivity contribution in [2.24, 2.45) is 0 Å². The highest BCUT2D eigenvalue weighted by molar-refractivity contribution is 6.29. The van der Waals surface area contributed by atoms with Crippen molar-refractivity contribution in [2.45, 2.75) is 31.8 Å². The smallest absolute Gasteiger partial charge is 0.198 e. The van der Waals surface area contributed by atoms with Gasteiger partial charge in [0.25, 0.3) is 0 Å². The first-order valence-electron chi connectivity index (χ1n) is 7.67. The van der Waals surface area contributed by atoms with Crippen LogP contribution in [0.3, 0.4) is 0 Å². The second-order valence-corrected chi connectivity index (χ2v) is 6.66. The first-order chi connectivity index (χ1) is 10.9. The van der Waals surface area contributed by atoms with E-state index in [0.29, 0.717) is 30.4 Å². The van der Waals surface area contributed by atoms with Crippen LogP contribution in [0.2, 0.25) is 0 Å². The molecular formula is C19H16O4. The minimum atomic E-state index is -0.779. The molecule has 2 aromatic carbocycles. The molecule has 1 unspecified atom stereocenters. The molecule has 116 valence electrons. The summed E-state index contributed by atoms with van der Waals surface area (Å²) in [6, 6.07) is 8.04. The summed E-state index contributed by atoms with van der Waals surface area (Å²) in [5.41, 5.74) is 2.15. The Hall–Kier alpha value is -2.46. The second kappa shape index (κ2) is 4.52. The molecule has 0 saturated carbocycles. The summed E-state index contributed by atoms with van der Waals surface area (Å²) in [4.78, 5) is 25.6. The Labute approximate surface area is 133 Å². The molecular weight excluding hydrogens is 292 g/mol. The highest BCUT2D eigenvalue weighted by Crippen LogP contribution is 2.38. The molecule has 1 atom stereocenters. The second-order valence-electron chi connectivity index (χ2n) is 6.66. The van der Waals surface area contributed by atoms with Gasteiger partial charge in [-0.1, -0.05) is 18.2 Å². The van der Waals surface area contributed by atoms with Crippen molar-refractivity contribution in [1.29, 1.82) is 0 Å². The Morgan fingerprint density at radius 1 is 1.00 bits per heavy atom. The number of hydrogen-bond acceptors (Lipinski definition) is 4. The lowest BCUT2D eigenvalue weighted by molar-refractivity contribution is 0.0456. The molecule has 0 aromatic heterocycles. The van der Waals surface area contributed by atoms with Gasteiger partial charge in [-0.15, -0.1) is 0 Å². The van der Waals surface area contributed by atoms with Crippen LogP contribution >= 0.6 is 0 Å². The summed E-state index contributed by atoms with van der Waals surface area (Å²) >= 11 is 0. The van der Waals surface area contributed by atoms with Crippen molar-refractivity contribution in [3.05, 3.63) is 63.7 Å². The molecule has 4 nitrogen and oxygen atoms in total. The fourth-order valence-corrected chi connectivity index (χ4v) is 3.72. The van der Waals surface area contributed by atoms with E-state index >= 15 is 0 Å². The topological polar surface area (TPSA) is 74.6 Å². The molecule has 2 aliphatic carbocycles. The maximum absolute atomic E-state index is 12.9. The highest BCUT2D eigenvalue weighted by Gasteiger charge is 2.37. The Kier molecular flexibility index (Phi) is 2.78. The molecule has 0 radical (unpaired) electrons.